The van der Waals surface area contributed by atoms with Crippen LogP contribution in [0.2, 0.25) is 0 Å². The van der Waals surface area contributed by atoms with E-state index in [1.54, 1.807) is 0 Å². The first-order chi connectivity index (χ1) is 7.02. The van der Waals surface area contributed by atoms with Crippen molar-refractivity contribution in [3.8, 4) is 0 Å². The molecule has 0 aromatic rings. The maximum absolute atomic E-state index is 5.82. The summed E-state index contributed by atoms with van der Waals surface area (Å²) < 4.78 is 11.6. The minimum Gasteiger partial charge on any atom is -0.350 e. The van der Waals surface area contributed by atoms with E-state index in [2.05, 4.69) is 25.7 Å². The fourth-order valence-electron chi connectivity index (χ4n) is 2.42. The van der Waals surface area contributed by atoms with Crippen molar-refractivity contribution >= 4 is 0 Å². The van der Waals surface area contributed by atoms with Crippen LogP contribution < -0.4 is 0 Å². The lowest BCUT2D eigenvalue weighted by Crippen LogP contribution is -2.54. The normalized spacial score (nSPS) is 28.2. The third kappa shape index (κ3) is 2.52. The lowest BCUT2D eigenvalue weighted by Gasteiger charge is -2.47. The van der Waals surface area contributed by atoms with Gasteiger partial charge in [-0.3, -0.25) is 4.90 Å². The fourth-order valence-corrected chi connectivity index (χ4v) is 2.42. The number of ether oxygens (including phenoxy) is 2. The number of hydrogen-bond donors (Lipinski definition) is 0. The van der Waals surface area contributed by atoms with E-state index in [4.69, 9.17) is 9.47 Å². The van der Waals surface area contributed by atoms with Gasteiger partial charge in [-0.15, -0.1) is 0 Å². The van der Waals surface area contributed by atoms with Gasteiger partial charge in [0.25, 0.3) is 0 Å². The highest BCUT2D eigenvalue weighted by Gasteiger charge is 2.40. The van der Waals surface area contributed by atoms with Crippen molar-refractivity contribution in [3.63, 3.8) is 0 Å². The zero-order valence-corrected chi connectivity index (χ0v) is 10.2. The zero-order valence-electron chi connectivity index (χ0n) is 10.2. The zero-order chi connectivity index (χ0) is 10.9. The minimum atomic E-state index is -0.236. The van der Waals surface area contributed by atoms with E-state index < -0.39 is 0 Å². The number of rotatable bonds is 0. The summed E-state index contributed by atoms with van der Waals surface area (Å²) in [4.78, 5) is 2.51. The SMILES string of the molecule is CC(C)(C)N1CCC2(CC1)OCCCO2. The quantitative estimate of drug-likeness (QED) is 0.614. The van der Waals surface area contributed by atoms with Crippen LogP contribution in [0.25, 0.3) is 0 Å². The predicted octanol–water partition coefficient (Wildman–Crippen LogP) is 2.01. The second kappa shape index (κ2) is 4.04. The maximum Gasteiger partial charge on any atom is 0.170 e. The van der Waals surface area contributed by atoms with Gasteiger partial charge in [-0.2, -0.15) is 0 Å². The van der Waals surface area contributed by atoms with Crippen LogP contribution in [0.3, 0.4) is 0 Å². The average molecular weight is 213 g/mol. The molecular formula is C12H23NO2. The number of hydrogen-bond acceptors (Lipinski definition) is 3. The lowest BCUT2D eigenvalue weighted by atomic mass is 9.96. The van der Waals surface area contributed by atoms with E-state index in [1.165, 1.54) is 0 Å². The van der Waals surface area contributed by atoms with Gasteiger partial charge in [-0.25, -0.2) is 0 Å². The van der Waals surface area contributed by atoms with Gasteiger partial charge in [-0.1, -0.05) is 0 Å². The van der Waals surface area contributed by atoms with E-state index in [0.717, 1.165) is 45.6 Å². The molecule has 1 spiro atoms. The van der Waals surface area contributed by atoms with Gasteiger partial charge in [0.05, 0.1) is 13.2 Å². The Morgan fingerprint density at radius 1 is 1.00 bits per heavy atom. The first kappa shape index (κ1) is 11.4. The van der Waals surface area contributed by atoms with Crippen LogP contribution in [0.5, 0.6) is 0 Å². The summed E-state index contributed by atoms with van der Waals surface area (Å²) in [5.74, 6) is -0.236. The van der Waals surface area contributed by atoms with E-state index in [-0.39, 0.29) is 11.3 Å². The summed E-state index contributed by atoms with van der Waals surface area (Å²) in [5, 5.41) is 0. The Bertz CT molecular complexity index is 206. The van der Waals surface area contributed by atoms with Crippen LogP contribution in [-0.4, -0.2) is 42.5 Å². The second-order valence-corrected chi connectivity index (χ2v) is 5.62. The van der Waals surface area contributed by atoms with Gasteiger partial charge in [0.15, 0.2) is 5.79 Å². The van der Waals surface area contributed by atoms with Crippen molar-refractivity contribution in [2.45, 2.75) is 51.4 Å². The van der Waals surface area contributed by atoms with Crippen molar-refractivity contribution in [2.24, 2.45) is 0 Å². The molecule has 2 saturated heterocycles. The molecule has 0 aromatic carbocycles. The molecule has 2 rings (SSSR count). The standard InChI is InChI=1S/C12H23NO2/c1-11(2,3)13-7-5-12(6-8-13)14-9-4-10-15-12/h4-10H2,1-3H3. The highest BCUT2D eigenvalue weighted by atomic mass is 16.7. The van der Waals surface area contributed by atoms with Crippen LogP contribution in [-0.2, 0) is 9.47 Å². The first-order valence-electron chi connectivity index (χ1n) is 6.05. The van der Waals surface area contributed by atoms with E-state index >= 15 is 0 Å². The van der Waals surface area contributed by atoms with Gasteiger partial charge >= 0.3 is 0 Å². The molecule has 3 nitrogen and oxygen atoms in total. The predicted molar refractivity (Wildman–Crippen MR) is 59.8 cm³/mol. The molecule has 2 aliphatic rings. The molecule has 0 atom stereocenters. The van der Waals surface area contributed by atoms with Gasteiger partial charge in [0, 0.05) is 31.5 Å². The van der Waals surface area contributed by atoms with Crippen molar-refractivity contribution in [1.82, 2.24) is 4.90 Å². The molecule has 0 aromatic heterocycles. The fraction of sp³-hybridized carbons (Fsp3) is 1.00. The summed E-state index contributed by atoms with van der Waals surface area (Å²) in [6.45, 7) is 10.7. The largest absolute Gasteiger partial charge is 0.350 e. The first-order valence-corrected chi connectivity index (χ1v) is 6.05. The van der Waals surface area contributed by atoms with Crippen molar-refractivity contribution in [2.75, 3.05) is 26.3 Å². The van der Waals surface area contributed by atoms with Gasteiger partial charge in [-0.05, 0) is 27.2 Å². The Hall–Kier alpha value is -0.120. The molecule has 0 saturated carbocycles. The Morgan fingerprint density at radius 3 is 2.00 bits per heavy atom. The Kier molecular flexibility index (Phi) is 3.06. The molecule has 0 unspecified atom stereocenters. The summed E-state index contributed by atoms with van der Waals surface area (Å²) in [5.41, 5.74) is 0.274. The van der Waals surface area contributed by atoms with Gasteiger partial charge < -0.3 is 9.47 Å². The highest BCUT2D eigenvalue weighted by molar-refractivity contribution is 4.87. The highest BCUT2D eigenvalue weighted by Crippen LogP contribution is 2.32. The molecule has 0 aliphatic carbocycles. The summed E-state index contributed by atoms with van der Waals surface area (Å²) >= 11 is 0. The Labute approximate surface area is 92.7 Å². The van der Waals surface area contributed by atoms with Crippen LogP contribution in [0.4, 0.5) is 0 Å². The van der Waals surface area contributed by atoms with E-state index in [0.29, 0.717) is 0 Å². The van der Waals surface area contributed by atoms with Crippen molar-refractivity contribution in [3.05, 3.63) is 0 Å². The van der Waals surface area contributed by atoms with E-state index in [9.17, 15) is 0 Å². The summed E-state index contributed by atoms with van der Waals surface area (Å²) in [6.07, 6.45) is 3.08. The third-order valence-corrected chi connectivity index (χ3v) is 3.49. The molecule has 0 amide bonds. The molecule has 2 fully saturated rings. The van der Waals surface area contributed by atoms with E-state index in [1.807, 2.05) is 0 Å². The van der Waals surface area contributed by atoms with Crippen molar-refractivity contribution < 1.29 is 9.47 Å². The van der Waals surface area contributed by atoms with Crippen LogP contribution in [0.15, 0.2) is 0 Å². The smallest absolute Gasteiger partial charge is 0.170 e. The molecule has 0 radical (unpaired) electrons. The summed E-state index contributed by atoms with van der Waals surface area (Å²) in [6, 6.07) is 0. The second-order valence-electron chi connectivity index (χ2n) is 5.62. The summed E-state index contributed by atoms with van der Waals surface area (Å²) in [7, 11) is 0. The maximum atomic E-state index is 5.82. The van der Waals surface area contributed by atoms with Crippen LogP contribution >= 0.6 is 0 Å². The molecule has 15 heavy (non-hydrogen) atoms. The van der Waals surface area contributed by atoms with Gasteiger partial charge in [0.1, 0.15) is 0 Å². The molecule has 88 valence electrons. The number of nitrogens with zero attached hydrogens (tertiary/aromatic N) is 1. The average Bonchev–Trinajstić information content (AvgIpc) is 2.18. The molecular weight excluding hydrogens is 190 g/mol. The number of piperidine rings is 1. The Balaban J connectivity index is 1.91. The molecule has 2 heterocycles. The minimum absolute atomic E-state index is 0.236. The number of likely N-dealkylation sites (tertiary alicyclic amines) is 1. The monoisotopic (exact) mass is 213 g/mol. The van der Waals surface area contributed by atoms with Crippen LogP contribution in [0, 0.1) is 0 Å². The Morgan fingerprint density at radius 2 is 1.53 bits per heavy atom. The third-order valence-electron chi connectivity index (χ3n) is 3.49. The van der Waals surface area contributed by atoms with Gasteiger partial charge in [0.2, 0.25) is 0 Å². The topological polar surface area (TPSA) is 21.7 Å². The molecule has 2 aliphatic heterocycles. The van der Waals surface area contributed by atoms with Crippen LogP contribution in [0.1, 0.15) is 40.0 Å². The molecule has 0 N–H and O–H groups in total. The molecule has 3 heteroatoms. The lowest BCUT2D eigenvalue weighted by molar-refractivity contribution is -0.286. The molecule has 0 bridgehead atoms. The van der Waals surface area contributed by atoms with Crippen molar-refractivity contribution in [1.29, 1.82) is 0 Å².